The van der Waals surface area contributed by atoms with Gasteiger partial charge in [0.25, 0.3) is 0 Å². The highest BCUT2D eigenvalue weighted by Crippen LogP contribution is 2.76. The molecule has 1 saturated heterocycles. The van der Waals surface area contributed by atoms with E-state index in [1.165, 1.54) is 18.2 Å². The molecular weight excluding hydrogens is 374 g/mol. The lowest BCUT2D eigenvalue weighted by molar-refractivity contribution is -0.187. The summed E-state index contributed by atoms with van der Waals surface area (Å²) in [5, 5.41) is 11.0. The average Bonchev–Trinajstić information content (AvgIpc) is 3.26. The van der Waals surface area contributed by atoms with E-state index in [1.807, 2.05) is 6.92 Å². The third-order valence-electron chi connectivity index (χ3n) is 8.65. The fraction of sp³-hybridized carbons (Fsp3) is 0.708. The summed E-state index contributed by atoms with van der Waals surface area (Å²) in [6.45, 7) is 11.1. The zero-order chi connectivity index (χ0) is 21.4. The Labute approximate surface area is 171 Å². The summed E-state index contributed by atoms with van der Waals surface area (Å²) in [4.78, 5) is 11.8. The number of carbonyl (C=O) groups excluding carboxylic acids is 1. The molecular formula is C24H32F2O3. The fourth-order valence-electron chi connectivity index (χ4n) is 7.40. The van der Waals surface area contributed by atoms with E-state index in [0.29, 0.717) is 0 Å². The van der Waals surface area contributed by atoms with Gasteiger partial charge in [-0.15, -0.1) is 6.58 Å². The molecule has 3 nitrogen and oxygen atoms in total. The molecule has 1 heterocycles. The van der Waals surface area contributed by atoms with Crippen molar-refractivity contribution in [3.05, 3.63) is 36.5 Å². The Balaban J connectivity index is 0.000000645. The van der Waals surface area contributed by atoms with Crippen LogP contribution in [-0.2, 0) is 9.53 Å². The van der Waals surface area contributed by atoms with Crippen molar-refractivity contribution in [2.45, 2.75) is 82.5 Å². The molecule has 5 heteroatoms. The van der Waals surface area contributed by atoms with Gasteiger partial charge >= 0.3 is 0 Å². The SMILES string of the molecule is C=CC.CC[C@]12OC13CC(O)[C@@]1(F)C(C[C@H](F)C4=CC(=O)C=CC41C)[C@@H]3C[C@H]2C. The zero-order valence-electron chi connectivity index (χ0n) is 17.8. The number of hydrogen-bond donors (Lipinski definition) is 1. The van der Waals surface area contributed by atoms with Crippen LogP contribution >= 0.6 is 0 Å². The van der Waals surface area contributed by atoms with Gasteiger partial charge in [0.1, 0.15) is 17.4 Å². The van der Waals surface area contributed by atoms with Gasteiger partial charge in [0.05, 0.1) is 6.10 Å². The maximum absolute atomic E-state index is 16.7. The van der Waals surface area contributed by atoms with Crippen LogP contribution in [0.5, 0.6) is 0 Å². The van der Waals surface area contributed by atoms with Crippen molar-refractivity contribution >= 4 is 5.78 Å². The van der Waals surface area contributed by atoms with Crippen LogP contribution in [0.1, 0.15) is 53.4 Å². The fourth-order valence-corrected chi connectivity index (χ4v) is 7.40. The number of aliphatic hydroxyl groups is 1. The number of ketones is 1. The molecule has 4 fully saturated rings. The quantitative estimate of drug-likeness (QED) is 0.509. The van der Waals surface area contributed by atoms with Crippen molar-refractivity contribution in [2.24, 2.45) is 23.2 Å². The lowest BCUT2D eigenvalue weighted by Gasteiger charge is -2.59. The van der Waals surface area contributed by atoms with Gasteiger partial charge in [0.15, 0.2) is 11.5 Å². The highest BCUT2D eigenvalue weighted by atomic mass is 19.1. The molecule has 160 valence electrons. The summed E-state index contributed by atoms with van der Waals surface area (Å²) in [5.41, 5.74) is -3.89. The van der Waals surface area contributed by atoms with Gasteiger partial charge in [-0.1, -0.05) is 26.0 Å². The standard InChI is InChI=1S/C21H26F2O3.C3H6/c1-4-19-11(2)7-13-14-9-16(22)15-8-12(24)5-6-18(15,3)21(14,23)17(25)10-20(13,19)26-19;1-3-2/h5-6,8,11,13-14,16-17,25H,4,7,9-10H2,1-3H3;3H,1H2,2H3/t11-,13+,14?,16+,17?,18?,19-,20?,21+;/m1./s1. The van der Waals surface area contributed by atoms with Crippen molar-refractivity contribution in [3.8, 4) is 0 Å². The van der Waals surface area contributed by atoms with Gasteiger partial charge in [-0.25, -0.2) is 8.78 Å². The van der Waals surface area contributed by atoms with E-state index in [2.05, 4.69) is 20.4 Å². The third-order valence-corrected chi connectivity index (χ3v) is 8.65. The Morgan fingerprint density at radius 3 is 2.62 bits per heavy atom. The number of aliphatic hydroxyl groups excluding tert-OH is 1. The number of halogens is 2. The van der Waals surface area contributed by atoms with Crippen molar-refractivity contribution in [3.63, 3.8) is 0 Å². The average molecular weight is 407 g/mol. The van der Waals surface area contributed by atoms with Gasteiger partial charge in [-0.2, -0.15) is 0 Å². The minimum atomic E-state index is -1.98. The molecule has 4 unspecified atom stereocenters. The number of alkyl halides is 2. The molecule has 0 amide bonds. The van der Waals surface area contributed by atoms with Crippen LogP contribution in [-0.4, -0.2) is 40.0 Å². The number of hydrogen-bond acceptors (Lipinski definition) is 3. The summed E-state index contributed by atoms with van der Waals surface area (Å²) in [5.74, 6) is -0.736. The maximum Gasteiger partial charge on any atom is 0.178 e. The monoisotopic (exact) mass is 406 g/mol. The first-order valence-electron chi connectivity index (χ1n) is 10.8. The Morgan fingerprint density at radius 2 is 2.03 bits per heavy atom. The summed E-state index contributed by atoms with van der Waals surface area (Å²) >= 11 is 0. The second-order valence-electron chi connectivity index (χ2n) is 9.72. The number of fused-ring (bicyclic) bond motifs is 4. The molecule has 0 aromatic heterocycles. The van der Waals surface area contributed by atoms with E-state index in [9.17, 15) is 9.90 Å². The van der Waals surface area contributed by atoms with Crippen LogP contribution in [0.3, 0.4) is 0 Å². The number of ether oxygens (including phenoxy) is 1. The van der Waals surface area contributed by atoms with E-state index in [1.54, 1.807) is 13.0 Å². The molecule has 0 radical (unpaired) electrons. The topological polar surface area (TPSA) is 49.8 Å². The Kier molecular flexibility index (Phi) is 4.57. The first-order valence-corrected chi connectivity index (χ1v) is 10.8. The molecule has 1 N–H and O–H groups in total. The number of rotatable bonds is 1. The third kappa shape index (κ3) is 2.26. The second kappa shape index (κ2) is 6.34. The molecule has 3 saturated carbocycles. The van der Waals surface area contributed by atoms with Gasteiger partial charge in [0.2, 0.25) is 0 Å². The van der Waals surface area contributed by atoms with Gasteiger partial charge in [0, 0.05) is 17.8 Å². The smallest absolute Gasteiger partial charge is 0.178 e. The molecule has 5 rings (SSSR count). The molecule has 1 spiro atoms. The van der Waals surface area contributed by atoms with Crippen LogP contribution in [0.15, 0.2) is 36.5 Å². The lowest BCUT2D eigenvalue weighted by atomic mass is 9.47. The summed E-state index contributed by atoms with van der Waals surface area (Å²) in [7, 11) is 0. The van der Waals surface area contributed by atoms with Crippen LogP contribution in [0, 0.1) is 23.2 Å². The molecule has 0 aromatic rings. The van der Waals surface area contributed by atoms with Gasteiger partial charge in [-0.3, -0.25) is 4.79 Å². The molecule has 4 aliphatic carbocycles. The van der Waals surface area contributed by atoms with Gasteiger partial charge in [-0.05, 0) is 62.7 Å². The van der Waals surface area contributed by atoms with Crippen LogP contribution in [0.25, 0.3) is 0 Å². The predicted octanol–water partition coefficient (Wildman–Crippen LogP) is 4.66. The van der Waals surface area contributed by atoms with E-state index in [0.717, 1.165) is 12.8 Å². The van der Waals surface area contributed by atoms with Crippen molar-refractivity contribution in [2.75, 3.05) is 0 Å². The summed E-state index contributed by atoms with van der Waals surface area (Å²) in [6.07, 6.45) is 5.10. The Bertz CT molecular complexity index is 806. The Morgan fingerprint density at radius 1 is 1.38 bits per heavy atom. The number of epoxide rings is 1. The first kappa shape index (κ1) is 20.9. The predicted molar refractivity (Wildman–Crippen MR) is 108 cm³/mol. The normalized spacial score (nSPS) is 54.1. The van der Waals surface area contributed by atoms with E-state index in [-0.39, 0.29) is 41.6 Å². The van der Waals surface area contributed by atoms with Crippen LogP contribution in [0.4, 0.5) is 8.78 Å². The minimum Gasteiger partial charge on any atom is -0.390 e. The molecule has 9 atom stereocenters. The first-order chi connectivity index (χ1) is 13.6. The minimum absolute atomic E-state index is 0.0123. The summed E-state index contributed by atoms with van der Waals surface area (Å²) < 4.78 is 38.1. The molecule has 29 heavy (non-hydrogen) atoms. The van der Waals surface area contributed by atoms with E-state index >= 15 is 8.78 Å². The molecule has 5 aliphatic rings. The molecule has 0 aromatic carbocycles. The van der Waals surface area contributed by atoms with E-state index < -0.39 is 34.9 Å². The van der Waals surface area contributed by atoms with Gasteiger partial charge < -0.3 is 9.84 Å². The number of carbonyl (C=O) groups is 1. The summed E-state index contributed by atoms with van der Waals surface area (Å²) in [6, 6.07) is 0. The molecule has 1 aliphatic heterocycles. The lowest BCUT2D eigenvalue weighted by Crippen LogP contribution is -2.68. The largest absolute Gasteiger partial charge is 0.390 e. The van der Waals surface area contributed by atoms with Crippen LogP contribution in [0.2, 0.25) is 0 Å². The van der Waals surface area contributed by atoms with Crippen LogP contribution < -0.4 is 0 Å². The maximum atomic E-state index is 16.7. The number of allylic oxidation sites excluding steroid dienone is 5. The zero-order valence-corrected chi connectivity index (χ0v) is 17.8. The Hall–Kier alpha value is -1.33. The highest BCUT2D eigenvalue weighted by molar-refractivity contribution is 6.01. The van der Waals surface area contributed by atoms with E-state index in [4.69, 9.17) is 4.74 Å². The molecule has 0 bridgehead atoms. The second-order valence-corrected chi connectivity index (χ2v) is 9.72. The van der Waals surface area contributed by atoms with Crippen molar-refractivity contribution < 1.29 is 23.4 Å². The van der Waals surface area contributed by atoms with Crippen molar-refractivity contribution in [1.82, 2.24) is 0 Å². The van der Waals surface area contributed by atoms with Crippen molar-refractivity contribution in [1.29, 1.82) is 0 Å². The highest BCUT2D eigenvalue weighted by Gasteiger charge is 2.85.